The van der Waals surface area contributed by atoms with Crippen molar-refractivity contribution in [1.29, 1.82) is 0 Å². The van der Waals surface area contributed by atoms with E-state index in [4.69, 9.17) is 33.8 Å². The monoisotopic (exact) mass is 314 g/mol. The number of nitrogens with two attached hydrogens (primary N) is 1. The highest BCUT2D eigenvalue weighted by Gasteiger charge is 2.11. The van der Waals surface area contributed by atoms with Gasteiger partial charge >= 0.3 is 0 Å². The highest BCUT2D eigenvalue weighted by Crippen LogP contribution is 2.33. The van der Waals surface area contributed by atoms with E-state index in [1.54, 1.807) is 0 Å². The van der Waals surface area contributed by atoms with Crippen molar-refractivity contribution in [2.24, 2.45) is 5.84 Å². The van der Waals surface area contributed by atoms with Crippen molar-refractivity contribution in [1.82, 2.24) is 4.98 Å². The molecule has 7 nitrogen and oxygen atoms in total. The lowest BCUT2D eigenvalue weighted by molar-refractivity contribution is -0.384. The number of pyridine rings is 1. The summed E-state index contributed by atoms with van der Waals surface area (Å²) in [6.07, 6.45) is 0. The lowest BCUT2D eigenvalue weighted by Crippen LogP contribution is -2.09. The first-order valence-electron chi connectivity index (χ1n) is 5.26. The molecule has 0 aliphatic carbocycles. The molecule has 9 heteroatoms. The van der Waals surface area contributed by atoms with Gasteiger partial charge in [0.2, 0.25) is 5.88 Å². The van der Waals surface area contributed by atoms with Crippen LogP contribution in [0.3, 0.4) is 0 Å². The largest absolute Gasteiger partial charge is 0.437 e. The van der Waals surface area contributed by atoms with Crippen LogP contribution in [0.15, 0.2) is 30.3 Å². The van der Waals surface area contributed by atoms with E-state index in [1.807, 2.05) is 0 Å². The molecule has 0 bridgehead atoms. The third-order valence-corrected chi connectivity index (χ3v) is 2.86. The number of aromatic nitrogens is 1. The van der Waals surface area contributed by atoms with Crippen LogP contribution in [-0.2, 0) is 0 Å². The lowest BCUT2D eigenvalue weighted by Gasteiger charge is -2.09. The molecule has 1 heterocycles. The van der Waals surface area contributed by atoms with Crippen molar-refractivity contribution in [3.05, 3.63) is 50.5 Å². The van der Waals surface area contributed by atoms with Crippen LogP contribution in [-0.4, -0.2) is 9.91 Å². The Morgan fingerprint density at radius 3 is 2.45 bits per heavy atom. The number of hydrogen-bond acceptors (Lipinski definition) is 6. The van der Waals surface area contributed by atoms with Gasteiger partial charge in [0.05, 0.1) is 9.95 Å². The van der Waals surface area contributed by atoms with E-state index in [0.29, 0.717) is 5.75 Å². The molecular formula is C11H8Cl2N4O3. The van der Waals surface area contributed by atoms with E-state index < -0.39 is 4.92 Å². The number of hydrazine groups is 1. The van der Waals surface area contributed by atoms with Crippen LogP contribution in [0.5, 0.6) is 11.6 Å². The quantitative estimate of drug-likeness (QED) is 0.509. The fourth-order valence-corrected chi connectivity index (χ4v) is 1.82. The summed E-state index contributed by atoms with van der Waals surface area (Å²) in [7, 11) is 0. The number of benzene rings is 1. The van der Waals surface area contributed by atoms with Gasteiger partial charge in [-0.15, -0.1) is 0 Å². The van der Waals surface area contributed by atoms with Gasteiger partial charge in [-0.3, -0.25) is 10.1 Å². The second kappa shape index (κ2) is 5.91. The summed E-state index contributed by atoms with van der Waals surface area (Å²) in [6.45, 7) is 0. The molecule has 0 aliphatic heterocycles. The zero-order valence-electron chi connectivity index (χ0n) is 9.84. The third-order valence-electron chi connectivity index (χ3n) is 2.30. The molecule has 0 saturated heterocycles. The maximum absolute atomic E-state index is 10.5. The van der Waals surface area contributed by atoms with Crippen LogP contribution in [0.1, 0.15) is 0 Å². The van der Waals surface area contributed by atoms with E-state index >= 15 is 0 Å². The molecule has 0 unspecified atom stereocenters. The topological polar surface area (TPSA) is 103 Å². The number of nitro groups is 1. The molecule has 1 aromatic carbocycles. The molecule has 2 aromatic rings. The molecule has 0 spiro atoms. The summed E-state index contributed by atoms with van der Waals surface area (Å²) >= 11 is 11.8. The second-order valence-electron chi connectivity index (χ2n) is 3.60. The minimum Gasteiger partial charge on any atom is -0.437 e. The second-order valence-corrected chi connectivity index (χ2v) is 4.42. The molecule has 0 radical (unpaired) electrons. The highest BCUT2D eigenvalue weighted by atomic mass is 35.5. The molecule has 0 atom stereocenters. The fraction of sp³-hybridized carbons (Fsp3) is 0. The first-order valence-corrected chi connectivity index (χ1v) is 6.02. The van der Waals surface area contributed by atoms with Gasteiger partial charge in [-0.1, -0.05) is 23.2 Å². The summed E-state index contributed by atoms with van der Waals surface area (Å²) in [5.41, 5.74) is 2.26. The Morgan fingerprint density at radius 2 is 1.90 bits per heavy atom. The number of nitro benzene ring substituents is 1. The predicted molar refractivity (Wildman–Crippen MR) is 75.2 cm³/mol. The predicted octanol–water partition coefficient (Wildman–Crippen LogP) is 3.37. The van der Waals surface area contributed by atoms with E-state index in [0.717, 1.165) is 0 Å². The SMILES string of the molecule is NNc1nc(Oc2ccc([N+](=O)[O-])cc2)c(Cl)cc1Cl. The lowest BCUT2D eigenvalue weighted by atomic mass is 10.3. The van der Waals surface area contributed by atoms with Crippen LogP contribution in [0.4, 0.5) is 11.5 Å². The van der Waals surface area contributed by atoms with Gasteiger partial charge in [-0.25, -0.2) is 5.84 Å². The first-order chi connectivity index (χ1) is 9.51. The number of hydrogen-bond donors (Lipinski definition) is 2. The summed E-state index contributed by atoms with van der Waals surface area (Å²) in [5.74, 6) is 5.87. The third kappa shape index (κ3) is 3.08. The van der Waals surface area contributed by atoms with Gasteiger partial charge < -0.3 is 10.2 Å². The van der Waals surface area contributed by atoms with Crippen molar-refractivity contribution in [2.45, 2.75) is 0 Å². The summed E-state index contributed by atoms with van der Waals surface area (Å²) in [4.78, 5) is 14.0. The normalized spacial score (nSPS) is 10.2. The van der Waals surface area contributed by atoms with Crippen molar-refractivity contribution >= 4 is 34.7 Å². The van der Waals surface area contributed by atoms with Crippen LogP contribution < -0.4 is 16.0 Å². The molecule has 0 amide bonds. The van der Waals surface area contributed by atoms with Crippen molar-refractivity contribution in [3.8, 4) is 11.6 Å². The van der Waals surface area contributed by atoms with Gasteiger partial charge in [-0.2, -0.15) is 4.98 Å². The van der Waals surface area contributed by atoms with Crippen LogP contribution >= 0.6 is 23.2 Å². The summed E-state index contributed by atoms with van der Waals surface area (Å²) in [5, 5.41) is 11.0. The van der Waals surface area contributed by atoms with Crippen molar-refractivity contribution < 1.29 is 9.66 Å². The van der Waals surface area contributed by atoms with Crippen molar-refractivity contribution in [2.75, 3.05) is 5.43 Å². The summed E-state index contributed by atoms with van der Waals surface area (Å²) < 4.78 is 5.42. The maximum atomic E-state index is 10.5. The fourth-order valence-electron chi connectivity index (χ4n) is 1.37. The smallest absolute Gasteiger partial charge is 0.269 e. The zero-order valence-corrected chi connectivity index (χ0v) is 11.4. The number of nitrogen functional groups attached to an aromatic ring is 1. The van der Waals surface area contributed by atoms with E-state index in [-0.39, 0.29) is 27.4 Å². The standard InChI is InChI=1S/C11H8Cl2N4O3/c12-8-5-9(13)11(15-10(8)16-14)20-7-3-1-6(2-4-7)17(18)19/h1-5H,14H2,(H,15,16). The van der Waals surface area contributed by atoms with Crippen LogP contribution in [0.2, 0.25) is 10.0 Å². The minimum atomic E-state index is -0.506. The number of anilines is 1. The van der Waals surface area contributed by atoms with Gasteiger partial charge in [0, 0.05) is 12.1 Å². The number of halogens is 2. The average Bonchev–Trinajstić information content (AvgIpc) is 2.42. The Bertz CT molecular complexity index is 649. The summed E-state index contributed by atoms with van der Waals surface area (Å²) in [6, 6.07) is 6.90. The Labute approximate surface area is 123 Å². The molecular weight excluding hydrogens is 307 g/mol. The number of ether oxygens (including phenoxy) is 1. The molecule has 0 aliphatic rings. The van der Waals surface area contributed by atoms with Gasteiger partial charge in [0.25, 0.3) is 5.69 Å². The average molecular weight is 315 g/mol. The molecule has 3 N–H and O–H groups in total. The number of nitrogens with zero attached hydrogens (tertiary/aromatic N) is 2. The van der Waals surface area contributed by atoms with Gasteiger partial charge in [-0.05, 0) is 18.2 Å². The number of nitrogens with one attached hydrogen (secondary N) is 1. The Kier molecular flexibility index (Phi) is 4.23. The molecule has 20 heavy (non-hydrogen) atoms. The number of rotatable bonds is 4. The van der Waals surface area contributed by atoms with E-state index in [9.17, 15) is 10.1 Å². The molecule has 0 fully saturated rings. The highest BCUT2D eigenvalue weighted by molar-refractivity contribution is 6.36. The van der Waals surface area contributed by atoms with Gasteiger partial charge in [0.15, 0.2) is 5.82 Å². The van der Waals surface area contributed by atoms with Crippen LogP contribution in [0, 0.1) is 10.1 Å². The first kappa shape index (κ1) is 14.3. The van der Waals surface area contributed by atoms with Crippen molar-refractivity contribution in [3.63, 3.8) is 0 Å². The zero-order chi connectivity index (χ0) is 14.7. The van der Waals surface area contributed by atoms with E-state index in [1.165, 1.54) is 30.3 Å². The minimum absolute atomic E-state index is 0.0446. The van der Waals surface area contributed by atoms with E-state index in [2.05, 4.69) is 10.4 Å². The molecule has 0 saturated carbocycles. The van der Waals surface area contributed by atoms with Crippen LogP contribution in [0.25, 0.3) is 0 Å². The molecule has 2 rings (SSSR count). The van der Waals surface area contributed by atoms with Gasteiger partial charge in [0.1, 0.15) is 10.8 Å². The number of non-ortho nitro benzene ring substituents is 1. The molecule has 104 valence electrons. The Morgan fingerprint density at radius 1 is 1.25 bits per heavy atom. The molecule has 1 aromatic heterocycles. The Balaban J connectivity index is 2.27. The Hall–Kier alpha value is -2.09. The maximum Gasteiger partial charge on any atom is 0.269 e.